The maximum atomic E-state index is 11.5. The van der Waals surface area contributed by atoms with Crippen LogP contribution in [0.5, 0.6) is 0 Å². The summed E-state index contributed by atoms with van der Waals surface area (Å²) in [7, 11) is 0. The van der Waals surface area contributed by atoms with Crippen molar-refractivity contribution in [2.75, 3.05) is 11.4 Å². The van der Waals surface area contributed by atoms with Gasteiger partial charge in [-0.25, -0.2) is 10.5 Å². The maximum Gasteiger partial charge on any atom is 0.274 e. The van der Waals surface area contributed by atoms with Crippen molar-refractivity contribution in [3.8, 4) is 6.07 Å². The lowest BCUT2D eigenvalue weighted by Gasteiger charge is -2.26. The molecule has 1 aromatic heterocycles. The zero-order valence-electron chi connectivity index (χ0n) is 14.5. The number of rotatable bonds is 3. The van der Waals surface area contributed by atoms with Crippen LogP contribution >= 0.6 is 0 Å². The molecule has 1 atom stereocenters. The number of benzene rings is 2. The van der Waals surface area contributed by atoms with Crippen molar-refractivity contribution in [3.63, 3.8) is 0 Å². The topological polar surface area (TPSA) is 102 Å². The molecule has 0 radical (unpaired) electrons. The molecule has 1 unspecified atom stereocenters. The summed E-state index contributed by atoms with van der Waals surface area (Å²) in [5.41, 5.74) is 5.97. The second kappa shape index (κ2) is 7.02. The minimum absolute atomic E-state index is 0.107. The van der Waals surface area contributed by atoms with Crippen LogP contribution in [0.1, 0.15) is 40.5 Å². The van der Waals surface area contributed by atoms with Gasteiger partial charge in [-0.1, -0.05) is 0 Å². The summed E-state index contributed by atoms with van der Waals surface area (Å²) in [4.78, 5) is 23.0. The minimum atomic E-state index is -0.531. The first-order valence-corrected chi connectivity index (χ1v) is 8.67. The van der Waals surface area contributed by atoms with Crippen LogP contribution in [0.25, 0.3) is 11.0 Å². The Hall–Kier alpha value is -3.50. The number of aromatic nitrogens is 2. The van der Waals surface area contributed by atoms with Gasteiger partial charge in [0.2, 0.25) is 0 Å². The summed E-state index contributed by atoms with van der Waals surface area (Å²) >= 11 is 0. The van der Waals surface area contributed by atoms with Gasteiger partial charge in [0.1, 0.15) is 0 Å². The number of amides is 1. The number of nitrogens with one attached hydrogen (secondary N) is 1. The standard InChI is InChI=1S/C20H17N5O2/c21-11-13-3-8-16-17(10-13)22-12-18(23-16)19-2-1-9-25(19)15-6-4-14(5-7-15)20(26)24-27/h3-8,10,12,19,27H,1-2,9H2,(H,24,26). The smallest absolute Gasteiger partial charge is 0.274 e. The van der Waals surface area contributed by atoms with Gasteiger partial charge in [0.05, 0.1) is 40.6 Å². The van der Waals surface area contributed by atoms with E-state index < -0.39 is 5.91 Å². The molecule has 3 aromatic rings. The molecule has 2 N–H and O–H groups in total. The van der Waals surface area contributed by atoms with Crippen molar-refractivity contribution in [3.05, 3.63) is 65.5 Å². The fourth-order valence-corrected chi connectivity index (χ4v) is 3.51. The Bertz CT molecular complexity index is 1040. The molecule has 134 valence electrons. The van der Waals surface area contributed by atoms with Gasteiger partial charge >= 0.3 is 0 Å². The summed E-state index contributed by atoms with van der Waals surface area (Å²) in [5.74, 6) is -0.531. The molecule has 1 saturated heterocycles. The molecule has 0 bridgehead atoms. The fourth-order valence-electron chi connectivity index (χ4n) is 3.51. The lowest BCUT2D eigenvalue weighted by atomic mass is 10.1. The number of nitriles is 1. The third-order valence-electron chi connectivity index (χ3n) is 4.85. The van der Waals surface area contributed by atoms with Crippen molar-refractivity contribution in [1.29, 1.82) is 5.26 Å². The number of anilines is 1. The molecule has 2 heterocycles. The molecule has 1 aliphatic heterocycles. The highest BCUT2D eigenvalue weighted by Gasteiger charge is 2.28. The highest BCUT2D eigenvalue weighted by Crippen LogP contribution is 2.35. The monoisotopic (exact) mass is 359 g/mol. The van der Waals surface area contributed by atoms with Crippen molar-refractivity contribution < 1.29 is 10.0 Å². The molecule has 0 saturated carbocycles. The van der Waals surface area contributed by atoms with E-state index in [0.29, 0.717) is 16.6 Å². The van der Waals surface area contributed by atoms with Crippen molar-refractivity contribution in [2.24, 2.45) is 0 Å². The number of carbonyl (C=O) groups is 1. The zero-order chi connectivity index (χ0) is 18.8. The van der Waals surface area contributed by atoms with E-state index in [1.165, 1.54) is 0 Å². The van der Waals surface area contributed by atoms with Crippen molar-refractivity contribution in [1.82, 2.24) is 15.4 Å². The Morgan fingerprint density at radius 3 is 2.78 bits per heavy atom. The van der Waals surface area contributed by atoms with Crippen LogP contribution < -0.4 is 10.4 Å². The Balaban J connectivity index is 1.64. The summed E-state index contributed by atoms with van der Waals surface area (Å²) in [5, 5.41) is 17.7. The van der Waals surface area contributed by atoms with E-state index in [1.807, 2.05) is 18.2 Å². The zero-order valence-corrected chi connectivity index (χ0v) is 14.5. The minimum Gasteiger partial charge on any atom is -0.363 e. The molecular formula is C20H17N5O2. The number of hydrogen-bond acceptors (Lipinski definition) is 6. The van der Waals surface area contributed by atoms with E-state index in [-0.39, 0.29) is 6.04 Å². The summed E-state index contributed by atoms with van der Waals surface area (Å²) in [6, 6.07) is 14.6. The SMILES string of the molecule is N#Cc1ccc2nc(C3CCCN3c3ccc(C(=O)NO)cc3)cnc2c1. The number of hydrogen-bond donors (Lipinski definition) is 2. The quantitative estimate of drug-likeness (QED) is 0.551. The molecule has 1 amide bonds. The molecule has 7 nitrogen and oxygen atoms in total. The summed E-state index contributed by atoms with van der Waals surface area (Å²) in [6.45, 7) is 0.892. The van der Waals surface area contributed by atoms with Gasteiger partial charge < -0.3 is 4.90 Å². The summed E-state index contributed by atoms with van der Waals surface area (Å²) in [6.07, 6.45) is 3.78. The van der Waals surface area contributed by atoms with E-state index in [1.54, 1.807) is 35.9 Å². The summed E-state index contributed by atoms with van der Waals surface area (Å²) < 4.78 is 0. The first-order valence-electron chi connectivity index (χ1n) is 8.67. The van der Waals surface area contributed by atoms with Crippen LogP contribution in [0.4, 0.5) is 5.69 Å². The van der Waals surface area contributed by atoms with Gasteiger partial charge in [0.15, 0.2) is 0 Å². The van der Waals surface area contributed by atoms with Gasteiger partial charge in [-0.05, 0) is 55.3 Å². The van der Waals surface area contributed by atoms with Crippen LogP contribution in [-0.2, 0) is 0 Å². The highest BCUT2D eigenvalue weighted by atomic mass is 16.5. The second-order valence-corrected chi connectivity index (χ2v) is 6.45. The molecule has 2 aromatic carbocycles. The van der Waals surface area contributed by atoms with Gasteiger partial charge in [0.25, 0.3) is 5.91 Å². The predicted octanol–water partition coefficient (Wildman–Crippen LogP) is 2.96. The molecule has 7 heteroatoms. The van der Waals surface area contributed by atoms with Gasteiger partial charge in [-0.3, -0.25) is 15.0 Å². The Labute approximate surface area is 155 Å². The first-order chi connectivity index (χ1) is 13.2. The second-order valence-electron chi connectivity index (χ2n) is 6.45. The number of nitrogens with zero attached hydrogens (tertiary/aromatic N) is 4. The maximum absolute atomic E-state index is 11.5. The van der Waals surface area contributed by atoms with Crippen LogP contribution in [0.2, 0.25) is 0 Å². The number of hydroxylamine groups is 1. The van der Waals surface area contributed by atoms with E-state index >= 15 is 0 Å². The molecular weight excluding hydrogens is 342 g/mol. The van der Waals surface area contributed by atoms with Gasteiger partial charge in [-0.2, -0.15) is 5.26 Å². The van der Waals surface area contributed by atoms with E-state index in [4.69, 9.17) is 15.5 Å². The predicted molar refractivity (Wildman–Crippen MR) is 99.3 cm³/mol. The lowest BCUT2D eigenvalue weighted by Crippen LogP contribution is -2.24. The lowest BCUT2D eigenvalue weighted by molar-refractivity contribution is 0.0706. The first kappa shape index (κ1) is 16.9. The van der Waals surface area contributed by atoms with Crippen molar-refractivity contribution >= 4 is 22.6 Å². The molecule has 27 heavy (non-hydrogen) atoms. The third-order valence-corrected chi connectivity index (χ3v) is 4.85. The average molecular weight is 359 g/mol. The molecule has 4 rings (SSSR count). The van der Waals surface area contributed by atoms with E-state index in [0.717, 1.165) is 36.3 Å². The highest BCUT2D eigenvalue weighted by molar-refractivity contribution is 5.93. The largest absolute Gasteiger partial charge is 0.363 e. The van der Waals surface area contributed by atoms with E-state index in [2.05, 4.69) is 16.0 Å². The fraction of sp³-hybridized carbons (Fsp3) is 0.200. The molecule has 1 fully saturated rings. The van der Waals surface area contributed by atoms with Gasteiger partial charge in [-0.15, -0.1) is 0 Å². The van der Waals surface area contributed by atoms with Crippen LogP contribution in [-0.4, -0.2) is 27.6 Å². The van der Waals surface area contributed by atoms with Crippen LogP contribution in [0, 0.1) is 11.3 Å². The van der Waals surface area contributed by atoms with Crippen LogP contribution in [0.15, 0.2) is 48.7 Å². The number of fused-ring (bicyclic) bond motifs is 1. The normalized spacial score (nSPS) is 16.3. The Morgan fingerprint density at radius 1 is 1.22 bits per heavy atom. The van der Waals surface area contributed by atoms with E-state index in [9.17, 15) is 4.79 Å². The Kier molecular flexibility index (Phi) is 4.40. The molecule has 0 aliphatic carbocycles. The van der Waals surface area contributed by atoms with Gasteiger partial charge in [0, 0.05) is 17.8 Å². The molecule has 1 aliphatic rings. The molecule has 0 spiro atoms. The number of carbonyl (C=O) groups excluding carboxylic acids is 1. The average Bonchev–Trinajstić information content (AvgIpc) is 3.22. The third kappa shape index (κ3) is 3.18. The van der Waals surface area contributed by atoms with Crippen LogP contribution in [0.3, 0.4) is 0 Å². The Morgan fingerprint density at radius 2 is 2.04 bits per heavy atom. The van der Waals surface area contributed by atoms with Crippen molar-refractivity contribution in [2.45, 2.75) is 18.9 Å².